The van der Waals surface area contributed by atoms with E-state index in [9.17, 15) is 23.1 Å². The molecule has 116 valence electrons. The van der Waals surface area contributed by atoms with Gasteiger partial charge in [-0.2, -0.15) is 18.3 Å². The maximum absolute atomic E-state index is 13.1. The van der Waals surface area contributed by atoms with Crippen LogP contribution in [-0.4, -0.2) is 25.8 Å². The molecule has 0 aliphatic carbocycles. The molecule has 0 fully saturated rings. The maximum Gasteiger partial charge on any atom is 0.417 e. The van der Waals surface area contributed by atoms with Crippen LogP contribution in [0.3, 0.4) is 0 Å². The smallest absolute Gasteiger partial charge is 0.417 e. The number of carboxylic acid groups (broad SMARTS) is 1. The van der Waals surface area contributed by atoms with E-state index in [1.54, 1.807) is 0 Å². The lowest BCUT2D eigenvalue weighted by Crippen LogP contribution is -2.22. The lowest BCUT2D eigenvalue weighted by atomic mass is 9.99. The second kappa shape index (κ2) is 5.11. The standard InChI is InChI=1S/C14H12F3N3O2/c15-14(16,17)10-6-2-1-4-8(10)11-18-12-9(13(21)22)5-3-7-20(12)19-11/h1-2,4,6,9H,3,5,7H2,(H,21,22). The quantitative estimate of drug-likeness (QED) is 0.926. The van der Waals surface area contributed by atoms with Crippen LogP contribution in [0.1, 0.15) is 30.1 Å². The number of carboxylic acids is 1. The number of alkyl halides is 3. The summed E-state index contributed by atoms with van der Waals surface area (Å²) in [6, 6.07) is 5.02. The summed E-state index contributed by atoms with van der Waals surface area (Å²) in [6.45, 7) is 0.459. The number of aryl methyl sites for hydroxylation is 1. The first-order chi connectivity index (χ1) is 10.4. The number of fused-ring (bicyclic) bond motifs is 1. The number of halogens is 3. The zero-order valence-corrected chi connectivity index (χ0v) is 11.3. The number of carbonyl (C=O) groups is 1. The Morgan fingerprint density at radius 1 is 1.32 bits per heavy atom. The molecule has 1 aromatic carbocycles. The Morgan fingerprint density at radius 2 is 2.05 bits per heavy atom. The average molecular weight is 311 g/mol. The first-order valence-corrected chi connectivity index (χ1v) is 6.72. The predicted molar refractivity (Wildman–Crippen MR) is 70.1 cm³/mol. The van der Waals surface area contributed by atoms with Crippen molar-refractivity contribution in [3.63, 3.8) is 0 Å². The third-order valence-electron chi connectivity index (χ3n) is 3.65. The van der Waals surface area contributed by atoms with Gasteiger partial charge in [-0.15, -0.1) is 0 Å². The minimum Gasteiger partial charge on any atom is -0.481 e. The molecule has 0 saturated carbocycles. The molecular weight excluding hydrogens is 299 g/mol. The SMILES string of the molecule is O=C(O)C1CCCn2nc(-c3ccccc3C(F)(F)F)nc21. The summed E-state index contributed by atoms with van der Waals surface area (Å²) in [5.74, 6) is -1.74. The van der Waals surface area contributed by atoms with Crippen molar-refractivity contribution in [1.82, 2.24) is 14.8 Å². The zero-order valence-electron chi connectivity index (χ0n) is 11.3. The summed E-state index contributed by atoms with van der Waals surface area (Å²) in [7, 11) is 0. The van der Waals surface area contributed by atoms with E-state index in [1.165, 1.54) is 22.9 Å². The topological polar surface area (TPSA) is 68.0 Å². The van der Waals surface area contributed by atoms with E-state index < -0.39 is 23.6 Å². The number of hydrogen-bond donors (Lipinski definition) is 1. The number of rotatable bonds is 2. The molecule has 2 heterocycles. The van der Waals surface area contributed by atoms with E-state index in [1.807, 2.05) is 0 Å². The first kappa shape index (κ1) is 14.6. The fraction of sp³-hybridized carbons (Fsp3) is 0.357. The van der Waals surface area contributed by atoms with Crippen LogP contribution in [0.25, 0.3) is 11.4 Å². The fourth-order valence-electron chi connectivity index (χ4n) is 2.62. The zero-order chi connectivity index (χ0) is 15.9. The van der Waals surface area contributed by atoms with Crippen molar-refractivity contribution in [3.8, 4) is 11.4 Å². The van der Waals surface area contributed by atoms with Crippen LogP contribution < -0.4 is 0 Å². The number of nitrogens with zero attached hydrogens (tertiary/aromatic N) is 3. The molecule has 1 atom stereocenters. The van der Waals surface area contributed by atoms with Gasteiger partial charge in [0, 0.05) is 12.1 Å². The van der Waals surface area contributed by atoms with Gasteiger partial charge in [0.25, 0.3) is 0 Å². The lowest BCUT2D eigenvalue weighted by Gasteiger charge is -2.17. The molecular formula is C14H12F3N3O2. The number of hydrogen-bond acceptors (Lipinski definition) is 3. The molecule has 0 bridgehead atoms. The van der Waals surface area contributed by atoms with E-state index >= 15 is 0 Å². The van der Waals surface area contributed by atoms with E-state index in [-0.39, 0.29) is 17.2 Å². The minimum atomic E-state index is -4.52. The van der Waals surface area contributed by atoms with Crippen LogP contribution in [0.4, 0.5) is 13.2 Å². The Kier molecular flexibility index (Phi) is 3.38. The van der Waals surface area contributed by atoms with Crippen LogP contribution in [0, 0.1) is 0 Å². The molecule has 22 heavy (non-hydrogen) atoms. The van der Waals surface area contributed by atoms with Crippen molar-refractivity contribution in [1.29, 1.82) is 0 Å². The van der Waals surface area contributed by atoms with Crippen LogP contribution in [0.5, 0.6) is 0 Å². The number of aromatic nitrogens is 3. The first-order valence-electron chi connectivity index (χ1n) is 6.72. The van der Waals surface area contributed by atoms with Crippen molar-refractivity contribution < 1.29 is 23.1 Å². The van der Waals surface area contributed by atoms with Gasteiger partial charge in [-0.3, -0.25) is 4.79 Å². The Hall–Kier alpha value is -2.38. The second-order valence-corrected chi connectivity index (χ2v) is 5.09. The third-order valence-corrected chi connectivity index (χ3v) is 3.65. The van der Waals surface area contributed by atoms with Gasteiger partial charge in [-0.1, -0.05) is 18.2 Å². The van der Waals surface area contributed by atoms with Crippen molar-refractivity contribution in [2.24, 2.45) is 0 Å². The molecule has 5 nitrogen and oxygen atoms in total. The van der Waals surface area contributed by atoms with Gasteiger partial charge in [0.15, 0.2) is 5.82 Å². The summed E-state index contributed by atoms with van der Waals surface area (Å²) in [5, 5.41) is 13.3. The molecule has 0 amide bonds. The van der Waals surface area contributed by atoms with Gasteiger partial charge in [-0.25, -0.2) is 9.67 Å². The molecule has 2 aromatic rings. The Balaban J connectivity index is 2.10. The molecule has 1 unspecified atom stereocenters. The van der Waals surface area contributed by atoms with Gasteiger partial charge >= 0.3 is 12.1 Å². The Morgan fingerprint density at radius 3 is 2.73 bits per heavy atom. The molecule has 1 N–H and O–H groups in total. The minimum absolute atomic E-state index is 0.0870. The van der Waals surface area contributed by atoms with E-state index in [4.69, 9.17) is 0 Å². The second-order valence-electron chi connectivity index (χ2n) is 5.09. The Labute approximate surface area is 123 Å². The van der Waals surface area contributed by atoms with Crippen molar-refractivity contribution >= 4 is 5.97 Å². The number of benzene rings is 1. The van der Waals surface area contributed by atoms with E-state index in [0.717, 1.165) is 6.07 Å². The summed E-state index contributed by atoms with van der Waals surface area (Å²) in [5.41, 5.74) is -0.967. The van der Waals surface area contributed by atoms with Crippen molar-refractivity contribution in [2.75, 3.05) is 0 Å². The molecule has 8 heteroatoms. The van der Waals surface area contributed by atoms with Gasteiger partial charge < -0.3 is 5.11 Å². The average Bonchev–Trinajstić information content (AvgIpc) is 2.89. The van der Waals surface area contributed by atoms with E-state index in [0.29, 0.717) is 19.4 Å². The van der Waals surface area contributed by atoms with E-state index in [2.05, 4.69) is 10.1 Å². The van der Waals surface area contributed by atoms with Gasteiger partial charge in [0.1, 0.15) is 11.7 Å². The van der Waals surface area contributed by atoms with Gasteiger partial charge in [-0.05, 0) is 18.9 Å². The molecule has 1 aliphatic heterocycles. The molecule has 1 aliphatic rings. The molecule has 0 radical (unpaired) electrons. The summed E-state index contributed by atoms with van der Waals surface area (Å²) in [4.78, 5) is 15.3. The summed E-state index contributed by atoms with van der Waals surface area (Å²) in [6.07, 6.45) is -3.50. The summed E-state index contributed by atoms with van der Waals surface area (Å²) >= 11 is 0. The van der Waals surface area contributed by atoms with Crippen LogP contribution in [-0.2, 0) is 17.5 Å². The van der Waals surface area contributed by atoms with Gasteiger partial charge in [0.05, 0.1) is 5.56 Å². The molecule has 3 rings (SSSR count). The Bertz CT molecular complexity index is 724. The van der Waals surface area contributed by atoms with Gasteiger partial charge in [0.2, 0.25) is 0 Å². The lowest BCUT2D eigenvalue weighted by molar-refractivity contribution is -0.139. The molecule has 1 aromatic heterocycles. The molecule has 0 saturated heterocycles. The third kappa shape index (κ3) is 2.44. The fourth-order valence-corrected chi connectivity index (χ4v) is 2.62. The van der Waals surface area contributed by atoms with Crippen LogP contribution in [0.15, 0.2) is 24.3 Å². The monoisotopic (exact) mass is 311 g/mol. The van der Waals surface area contributed by atoms with Crippen LogP contribution >= 0.6 is 0 Å². The highest BCUT2D eigenvalue weighted by atomic mass is 19.4. The highest BCUT2D eigenvalue weighted by molar-refractivity contribution is 5.75. The summed E-state index contributed by atoms with van der Waals surface area (Å²) < 4.78 is 40.6. The van der Waals surface area contributed by atoms with Crippen LogP contribution in [0.2, 0.25) is 0 Å². The number of aliphatic carboxylic acids is 1. The largest absolute Gasteiger partial charge is 0.481 e. The maximum atomic E-state index is 13.1. The van der Waals surface area contributed by atoms with Crippen molar-refractivity contribution in [2.45, 2.75) is 31.5 Å². The normalized spacial score (nSPS) is 18.0. The molecule has 0 spiro atoms. The van der Waals surface area contributed by atoms with Crippen molar-refractivity contribution in [3.05, 3.63) is 35.7 Å². The predicted octanol–water partition coefficient (Wildman–Crippen LogP) is 2.93. The highest BCUT2D eigenvalue weighted by Gasteiger charge is 2.36. The highest BCUT2D eigenvalue weighted by Crippen LogP contribution is 2.37.